The molecule has 1 rings (SSSR count). The summed E-state index contributed by atoms with van der Waals surface area (Å²) in [5.74, 6) is -1.41. The van der Waals surface area contributed by atoms with E-state index in [-0.39, 0.29) is 23.8 Å². The van der Waals surface area contributed by atoms with Crippen LogP contribution in [-0.4, -0.2) is 41.7 Å². The van der Waals surface area contributed by atoms with Crippen LogP contribution >= 0.6 is 11.6 Å². The van der Waals surface area contributed by atoms with Crippen molar-refractivity contribution in [3.05, 3.63) is 29.0 Å². The zero-order valence-corrected chi connectivity index (χ0v) is 10.5. The fraction of sp³-hybridized carbons (Fsp3) is 0.364. The van der Waals surface area contributed by atoms with Gasteiger partial charge in [0.05, 0.1) is 12.5 Å². The second-order valence-electron chi connectivity index (χ2n) is 3.51. The quantitative estimate of drug-likeness (QED) is 0.753. The second kappa shape index (κ2) is 6.93. The standard InChI is InChI=1S/C11H13ClN2O4/c1-18-7(5-10(15)16)6-13-11(17)8-3-2-4-9(12)14-8/h2-4,7H,5-6H2,1H3,(H,13,17)(H,15,16). The fourth-order valence-corrected chi connectivity index (χ4v) is 1.43. The predicted octanol–water partition coefficient (Wildman–Crippen LogP) is 0.955. The molecule has 1 unspecified atom stereocenters. The summed E-state index contributed by atoms with van der Waals surface area (Å²) < 4.78 is 4.93. The van der Waals surface area contributed by atoms with Gasteiger partial charge in [-0.05, 0) is 12.1 Å². The molecule has 1 amide bonds. The number of ether oxygens (including phenoxy) is 1. The lowest BCUT2D eigenvalue weighted by Gasteiger charge is -2.13. The van der Waals surface area contributed by atoms with Gasteiger partial charge < -0.3 is 15.2 Å². The number of carbonyl (C=O) groups is 2. The number of pyridine rings is 1. The zero-order valence-electron chi connectivity index (χ0n) is 9.72. The maximum atomic E-state index is 11.7. The molecule has 0 bridgehead atoms. The molecule has 1 aromatic rings. The molecule has 2 N–H and O–H groups in total. The fourth-order valence-electron chi connectivity index (χ4n) is 1.27. The van der Waals surface area contributed by atoms with Crippen molar-refractivity contribution in [1.82, 2.24) is 10.3 Å². The highest BCUT2D eigenvalue weighted by atomic mass is 35.5. The van der Waals surface area contributed by atoms with Crippen LogP contribution in [0.5, 0.6) is 0 Å². The molecule has 18 heavy (non-hydrogen) atoms. The van der Waals surface area contributed by atoms with Crippen molar-refractivity contribution in [2.75, 3.05) is 13.7 Å². The minimum absolute atomic E-state index is 0.0931. The summed E-state index contributed by atoms with van der Waals surface area (Å²) in [5.41, 5.74) is 0.174. The molecular weight excluding hydrogens is 260 g/mol. The minimum Gasteiger partial charge on any atom is -0.481 e. The van der Waals surface area contributed by atoms with E-state index in [1.807, 2.05) is 0 Å². The number of hydrogen-bond acceptors (Lipinski definition) is 4. The van der Waals surface area contributed by atoms with Gasteiger partial charge in [-0.3, -0.25) is 9.59 Å². The number of hydrogen-bond donors (Lipinski definition) is 2. The lowest BCUT2D eigenvalue weighted by atomic mass is 10.2. The Kier molecular flexibility index (Phi) is 5.54. The number of nitrogens with zero attached hydrogens (tertiary/aromatic N) is 1. The van der Waals surface area contributed by atoms with Crippen LogP contribution in [0.2, 0.25) is 5.15 Å². The number of aliphatic carboxylic acids is 1. The number of methoxy groups -OCH3 is 1. The number of carbonyl (C=O) groups excluding carboxylic acids is 1. The summed E-state index contributed by atoms with van der Waals surface area (Å²) in [6.07, 6.45) is -0.759. The Hall–Kier alpha value is -1.66. The number of amides is 1. The summed E-state index contributed by atoms with van der Waals surface area (Å²) in [7, 11) is 1.39. The highest BCUT2D eigenvalue weighted by Gasteiger charge is 2.14. The molecule has 0 spiro atoms. The largest absolute Gasteiger partial charge is 0.481 e. The Morgan fingerprint density at radius 1 is 1.56 bits per heavy atom. The third kappa shape index (κ3) is 4.68. The summed E-state index contributed by atoms with van der Waals surface area (Å²) in [6, 6.07) is 4.68. The van der Waals surface area contributed by atoms with Crippen molar-refractivity contribution in [3.8, 4) is 0 Å². The first-order valence-electron chi connectivity index (χ1n) is 5.18. The van der Waals surface area contributed by atoms with Crippen LogP contribution in [0.15, 0.2) is 18.2 Å². The molecule has 6 nitrogen and oxygen atoms in total. The molecule has 0 aromatic carbocycles. The molecule has 0 saturated carbocycles. The lowest BCUT2D eigenvalue weighted by Crippen LogP contribution is -2.34. The van der Waals surface area contributed by atoms with E-state index in [1.54, 1.807) is 12.1 Å². The number of carboxylic acid groups (broad SMARTS) is 1. The van der Waals surface area contributed by atoms with Gasteiger partial charge in [0.15, 0.2) is 0 Å². The Labute approximate surface area is 109 Å². The summed E-state index contributed by atoms with van der Waals surface area (Å²) in [6.45, 7) is 0.0931. The van der Waals surface area contributed by atoms with E-state index in [2.05, 4.69) is 10.3 Å². The van der Waals surface area contributed by atoms with Crippen molar-refractivity contribution in [3.63, 3.8) is 0 Å². The van der Waals surface area contributed by atoms with E-state index >= 15 is 0 Å². The molecule has 0 radical (unpaired) electrons. The third-order valence-corrected chi connectivity index (χ3v) is 2.38. The lowest BCUT2D eigenvalue weighted by molar-refractivity contribution is -0.139. The molecule has 1 aromatic heterocycles. The van der Waals surface area contributed by atoms with Gasteiger partial charge in [0.1, 0.15) is 10.8 Å². The molecule has 0 aliphatic heterocycles. The molecule has 1 atom stereocenters. The first kappa shape index (κ1) is 14.4. The number of rotatable bonds is 6. The first-order chi connectivity index (χ1) is 8.52. The molecule has 0 fully saturated rings. The summed E-state index contributed by atoms with van der Waals surface area (Å²) in [4.78, 5) is 26.0. The molecule has 1 heterocycles. The van der Waals surface area contributed by atoms with Crippen LogP contribution in [0.3, 0.4) is 0 Å². The highest BCUT2D eigenvalue weighted by molar-refractivity contribution is 6.29. The molecule has 0 aliphatic rings. The SMILES string of the molecule is COC(CNC(=O)c1cccc(Cl)n1)CC(=O)O. The van der Waals surface area contributed by atoms with Crippen molar-refractivity contribution in [2.45, 2.75) is 12.5 Å². The van der Waals surface area contributed by atoms with Crippen LogP contribution < -0.4 is 5.32 Å². The Balaban J connectivity index is 2.52. The second-order valence-corrected chi connectivity index (χ2v) is 3.90. The van der Waals surface area contributed by atoms with Gasteiger partial charge in [0.25, 0.3) is 5.91 Å². The van der Waals surface area contributed by atoms with Crippen molar-refractivity contribution in [2.24, 2.45) is 0 Å². The monoisotopic (exact) mass is 272 g/mol. The summed E-state index contributed by atoms with van der Waals surface area (Å²) >= 11 is 5.65. The average molecular weight is 273 g/mol. The van der Waals surface area contributed by atoms with E-state index in [4.69, 9.17) is 21.4 Å². The predicted molar refractivity (Wildman–Crippen MR) is 64.6 cm³/mol. The van der Waals surface area contributed by atoms with E-state index in [0.717, 1.165) is 0 Å². The molecule has 7 heteroatoms. The van der Waals surface area contributed by atoms with Gasteiger partial charge in [-0.2, -0.15) is 0 Å². The highest BCUT2D eigenvalue weighted by Crippen LogP contribution is 2.05. The van der Waals surface area contributed by atoms with E-state index in [9.17, 15) is 9.59 Å². The average Bonchev–Trinajstić information content (AvgIpc) is 2.33. The van der Waals surface area contributed by atoms with Gasteiger partial charge in [-0.1, -0.05) is 17.7 Å². The van der Waals surface area contributed by atoms with Gasteiger partial charge in [0.2, 0.25) is 0 Å². The number of nitrogens with one attached hydrogen (secondary N) is 1. The smallest absolute Gasteiger partial charge is 0.306 e. The van der Waals surface area contributed by atoms with E-state index < -0.39 is 18.0 Å². The Morgan fingerprint density at radius 3 is 2.83 bits per heavy atom. The Morgan fingerprint density at radius 2 is 2.28 bits per heavy atom. The maximum absolute atomic E-state index is 11.7. The number of carboxylic acids is 1. The van der Waals surface area contributed by atoms with Gasteiger partial charge >= 0.3 is 5.97 Å². The topological polar surface area (TPSA) is 88.5 Å². The van der Waals surface area contributed by atoms with Crippen LogP contribution in [0, 0.1) is 0 Å². The van der Waals surface area contributed by atoms with E-state index in [1.165, 1.54) is 13.2 Å². The van der Waals surface area contributed by atoms with Gasteiger partial charge in [0, 0.05) is 13.7 Å². The number of aromatic nitrogens is 1. The van der Waals surface area contributed by atoms with Crippen LogP contribution in [0.25, 0.3) is 0 Å². The van der Waals surface area contributed by atoms with Crippen molar-refractivity contribution < 1.29 is 19.4 Å². The van der Waals surface area contributed by atoms with Crippen LogP contribution in [0.4, 0.5) is 0 Å². The molecular formula is C11H13ClN2O4. The molecule has 0 saturated heterocycles. The maximum Gasteiger partial charge on any atom is 0.306 e. The van der Waals surface area contributed by atoms with Gasteiger partial charge in [-0.15, -0.1) is 0 Å². The summed E-state index contributed by atoms with van der Waals surface area (Å²) in [5, 5.41) is 11.4. The number of halogens is 1. The van der Waals surface area contributed by atoms with Crippen LogP contribution in [-0.2, 0) is 9.53 Å². The van der Waals surface area contributed by atoms with Gasteiger partial charge in [-0.25, -0.2) is 4.98 Å². The van der Waals surface area contributed by atoms with Crippen molar-refractivity contribution in [1.29, 1.82) is 0 Å². The molecule has 98 valence electrons. The molecule has 0 aliphatic carbocycles. The van der Waals surface area contributed by atoms with Crippen LogP contribution in [0.1, 0.15) is 16.9 Å². The minimum atomic E-state index is -0.989. The zero-order chi connectivity index (χ0) is 13.5. The third-order valence-electron chi connectivity index (χ3n) is 2.17. The first-order valence-corrected chi connectivity index (χ1v) is 5.56. The van der Waals surface area contributed by atoms with Crippen molar-refractivity contribution >= 4 is 23.5 Å². The van der Waals surface area contributed by atoms with E-state index in [0.29, 0.717) is 0 Å². The normalized spacial score (nSPS) is 11.9. The Bertz CT molecular complexity index is 439.